The van der Waals surface area contributed by atoms with Crippen LogP contribution in [0.3, 0.4) is 0 Å². The second-order valence-electron chi connectivity index (χ2n) is 8.91. The molecular weight excluding hydrogens is 572 g/mol. The van der Waals surface area contributed by atoms with Crippen LogP contribution in [0.4, 0.5) is 26.3 Å². The van der Waals surface area contributed by atoms with Gasteiger partial charge in [0.1, 0.15) is 23.2 Å². The van der Waals surface area contributed by atoms with Crippen LogP contribution in [0, 0.1) is 5.41 Å². The van der Waals surface area contributed by atoms with Crippen molar-refractivity contribution < 1.29 is 35.8 Å². The summed E-state index contributed by atoms with van der Waals surface area (Å²) in [6.45, 7) is -0.136. The first-order valence-electron chi connectivity index (χ1n) is 12.0. The van der Waals surface area contributed by atoms with E-state index in [9.17, 15) is 26.3 Å². The number of ether oxygens (including phenoxy) is 2. The normalized spacial score (nSPS) is 12.7. The van der Waals surface area contributed by atoms with E-state index in [0.29, 0.717) is 15.7 Å². The number of rotatable bonds is 8. The summed E-state index contributed by atoms with van der Waals surface area (Å²) >= 11 is 0. The van der Waals surface area contributed by atoms with Crippen molar-refractivity contribution in [2.24, 2.45) is 7.05 Å². The molecule has 0 spiro atoms. The Bertz CT molecular complexity index is 1790. The van der Waals surface area contributed by atoms with Gasteiger partial charge < -0.3 is 14.0 Å². The minimum atomic E-state index is -4.61. The SMILES string of the molecule is COc1ncnc(OC)c1-c1ncc2c(n1)n(Cc1ccc(-c3nc(C(F)(F)F)cn3C)cc1)c(=N)n2C(F)C(F)F. The number of aromatic nitrogens is 8. The number of aryl methyl sites for hydroxylation is 1. The first-order valence-corrected chi connectivity index (χ1v) is 12.0. The monoisotopic (exact) mass is 593 g/mol. The molecule has 0 aliphatic rings. The standard InChI is InChI=1S/C25H21F6N9O2/c1-38-10-15(25(29,30)31)36-20(38)13-6-4-12(5-7-13)9-39-21-14(40(24(39)32)18(28)17(26)27)8-33-19(37-21)16-22(41-2)34-11-35-23(16)42-3/h4-8,10-11,17-18,32H,9H2,1-3H3. The molecule has 5 rings (SSSR count). The predicted molar refractivity (Wildman–Crippen MR) is 134 cm³/mol. The third-order valence-corrected chi connectivity index (χ3v) is 6.31. The molecule has 17 heteroatoms. The Kier molecular flexibility index (Phi) is 7.34. The molecule has 4 aromatic heterocycles. The van der Waals surface area contributed by atoms with Crippen molar-refractivity contribution in [2.75, 3.05) is 14.2 Å². The molecule has 0 fully saturated rings. The van der Waals surface area contributed by atoms with Crippen molar-refractivity contribution in [1.29, 1.82) is 5.41 Å². The van der Waals surface area contributed by atoms with Crippen molar-refractivity contribution in [1.82, 2.24) is 38.6 Å². The summed E-state index contributed by atoms with van der Waals surface area (Å²) in [5, 5.41) is 8.54. The zero-order valence-corrected chi connectivity index (χ0v) is 22.1. The van der Waals surface area contributed by atoms with Crippen molar-refractivity contribution in [3.63, 3.8) is 0 Å². The number of nitrogens with one attached hydrogen (secondary N) is 1. The Balaban J connectivity index is 1.61. The summed E-state index contributed by atoms with van der Waals surface area (Å²) in [7, 11) is 4.12. The Morgan fingerprint density at radius 1 is 0.952 bits per heavy atom. The number of nitrogens with zero attached hydrogens (tertiary/aromatic N) is 8. The highest BCUT2D eigenvalue weighted by Crippen LogP contribution is 2.34. The Morgan fingerprint density at radius 3 is 2.14 bits per heavy atom. The predicted octanol–water partition coefficient (Wildman–Crippen LogP) is 4.39. The lowest BCUT2D eigenvalue weighted by Gasteiger charge is -2.10. The topological polar surface area (TPSA) is 122 Å². The highest BCUT2D eigenvalue weighted by molar-refractivity contribution is 5.76. The quantitative estimate of drug-likeness (QED) is 0.265. The average molecular weight is 593 g/mol. The van der Waals surface area contributed by atoms with Gasteiger partial charge in [-0.2, -0.15) is 13.2 Å². The van der Waals surface area contributed by atoms with Gasteiger partial charge in [0.25, 0.3) is 6.43 Å². The van der Waals surface area contributed by atoms with Gasteiger partial charge in [-0.25, -0.2) is 38.1 Å². The van der Waals surface area contributed by atoms with Crippen LogP contribution in [-0.2, 0) is 19.8 Å². The van der Waals surface area contributed by atoms with Gasteiger partial charge in [0.05, 0.1) is 27.0 Å². The summed E-state index contributed by atoms with van der Waals surface area (Å²) in [6, 6.07) is 6.17. The molecule has 220 valence electrons. The molecule has 0 aliphatic carbocycles. The zero-order valence-electron chi connectivity index (χ0n) is 22.1. The molecule has 11 nitrogen and oxygen atoms in total. The van der Waals surface area contributed by atoms with E-state index in [1.54, 1.807) is 12.1 Å². The van der Waals surface area contributed by atoms with E-state index >= 15 is 0 Å². The van der Waals surface area contributed by atoms with E-state index in [-0.39, 0.29) is 46.7 Å². The molecule has 1 unspecified atom stereocenters. The van der Waals surface area contributed by atoms with Gasteiger partial charge in [-0.1, -0.05) is 24.3 Å². The summed E-state index contributed by atoms with van der Waals surface area (Å²) < 4.78 is 94.3. The summed E-state index contributed by atoms with van der Waals surface area (Å²) in [5.74, 6) is 0.128. The van der Waals surface area contributed by atoms with Gasteiger partial charge >= 0.3 is 6.18 Å². The van der Waals surface area contributed by atoms with E-state index in [1.807, 2.05) is 0 Å². The molecule has 0 amide bonds. The molecule has 0 saturated carbocycles. The van der Waals surface area contributed by atoms with Crippen molar-refractivity contribution in [3.05, 3.63) is 59.9 Å². The number of imidazole rings is 2. The molecule has 0 radical (unpaired) electrons. The third-order valence-electron chi connectivity index (χ3n) is 6.31. The third kappa shape index (κ3) is 5.01. The van der Waals surface area contributed by atoms with E-state index in [1.165, 1.54) is 48.9 Å². The fourth-order valence-corrected chi connectivity index (χ4v) is 4.38. The van der Waals surface area contributed by atoms with Gasteiger partial charge in [0.15, 0.2) is 17.2 Å². The maximum absolute atomic E-state index is 14.7. The number of fused-ring (bicyclic) bond motifs is 1. The number of hydrogen-bond donors (Lipinski definition) is 1. The lowest BCUT2D eigenvalue weighted by atomic mass is 10.1. The van der Waals surface area contributed by atoms with Crippen molar-refractivity contribution in [3.8, 4) is 34.5 Å². The molecule has 1 atom stereocenters. The lowest BCUT2D eigenvalue weighted by Crippen LogP contribution is -2.29. The Labute approximate surface area is 232 Å². The minimum Gasteiger partial charge on any atom is -0.480 e. The van der Waals surface area contributed by atoms with Gasteiger partial charge in [-0.05, 0) is 5.56 Å². The first kappa shape index (κ1) is 28.6. The number of halogens is 6. The van der Waals surface area contributed by atoms with Crippen LogP contribution in [0.2, 0.25) is 0 Å². The maximum atomic E-state index is 14.7. The van der Waals surface area contributed by atoms with Crippen LogP contribution in [-0.4, -0.2) is 59.3 Å². The summed E-state index contributed by atoms with van der Waals surface area (Å²) in [6.07, 6.45) is -7.77. The number of methoxy groups -OCH3 is 2. The minimum absolute atomic E-state index is 0.0410. The Morgan fingerprint density at radius 2 is 1.60 bits per heavy atom. The van der Waals surface area contributed by atoms with Crippen molar-refractivity contribution >= 4 is 11.2 Å². The molecule has 5 aromatic rings. The molecule has 1 N–H and O–H groups in total. The summed E-state index contributed by atoms with van der Waals surface area (Å²) in [4.78, 5) is 20.3. The van der Waals surface area contributed by atoms with Gasteiger partial charge in [0, 0.05) is 18.8 Å². The fourth-order valence-electron chi connectivity index (χ4n) is 4.38. The van der Waals surface area contributed by atoms with Crippen LogP contribution in [0.1, 0.15) is 17.6 Å². The zero-order chi connectivity index (χ0) is 30.3. The lowest BCUT2D eigenvalue weighted by molar-refractivity contribution is -0.140. The fraction of sp³-hybridized carbons (Fsp3) is 0.280. The molecular formula is C25H21F6N9O2. The Hall–Kier alpha value is -4.96. The van der Waals surface area contributed by atoms with E-state index in [0.717, 1.165) is 12.4 Å². The maximum Gasteiger partial charge on any atom is 0.434 e. The number of hydrogen-bond acceptors (Lipinski definition) is 8. The highest BCUT2D eigenvalue weighted by Gasteiger charge is 2.34. The van der Waals surface area contributed by atoms with Crippen LogP contribution in [0.5, 0.6) is 11.8 Å². The van der Waals surface area contributed by atoms with Crippen LogP contribution < -0.4 is 15.1 Å². The largest absolute Gasteiger partial charge is 0.480 e. The molecule has 1 aromatic carbocycles. The second kappa shape index (κ2) is 10.8. The molecule has 42 heavy (non-hydrogen) atoms. The van der Waals surface area contributed by atoms with Gasteiger partial charge in [-0.15, -0.1) is 0 Å². The molecule has 0 saturated heterocycles. The molecule has 0 bridgehead atoms. The van der Waals surface area contributed by atoms with Crippen LogP contribution >= 0.6 is 0 Å². The van der Waals surface area contributed by atoms with E-state index in [2.05, 4.69) is 24.9 Å². The number of benzene rings is 1. The first-order chi connectivity index (χ1) is 19.9. The average Bonchev–Trinajstić information content (AvgIpc) is 3.49. The smallest absolute Gasteiger partial charge is 0.434 e. The molecule has 0 aliphatic heterocycles. The second-order valence-corrected chi connectivity index (χ2v) is 8.91. The number of alkyl halides is 6. The molecule has 4 heterocycles. The van der Waals surface area contributed by atoms with Crippen LogP contribution in [0.15, 0.2) is 43.0 Å². The van der Waals surface area contributed by atoms with Gasteiger partial charge in [0.2, 0.25) is 23.7 Å². The van der Waals surface area contributed by atoms with E-state index < -0.39 is 30.2 Å². The van der Waals surface area contributed by atoms with Crippen molar-refractivity contribution in [2.45, 2.75) is 25.4 Å². The highest BCUT2D eigenvalue weighted by atomic mass is 19.4. The summed E-state index contributed by atoms with van der Waals surface area (Å²) in [5.41, 5.74) is -0.898. The van der Waals surface area contributed by atoms with E-state index in [4.69, 9.17) is 14.9 Å². The van der Waals surface area contributed by atoms with Crippen LogP contribution in [0.25, 0.3) is 33.9 Å². The van der Waals surface area contributed by atoms with Gasteiger partial charge in [-0.3, -0.25) is 14.5 Å².